The lowest BCUT2D eigenvalue weighted by Crippen LogP contribution is -2.12. The molecule has 0 heterocycles. The molecule has 0 bridgehead atoms. The molecule has 0 saturated carbocycles. The number of hydrogen-bond acceptors (Lipinski definition) is 1. The van der Waals surface area contributed by atoms with Crippen molar-refractivity contribution >= 4 is 11.6 Å². The van der Waals surface area contributed by atoms with Crippen LogP contribution in [0.4, 0.5) is 4.39 Å². The van der Waals surface area contributed by atoms with E-state index in [0.29, 0.717) is 12.5 Å². The lowest BCUT2D eigenvalue weighted by molar-refractivity contribution is 0.620. The van der Waals surface area contributed by atoms with E-state index in [0.717, 1.165) is 12.1 Å². The van der Waals surface area contributed by atoms with Crippen molar-refractivity contribution in [3.8, 4) is 0 Å². The molecule has 20 heavy (non-hydrogen) atoms. The zero-order chi connectivity index (χ0) is 14.5. The molecule has 2 aromatic rings. The Bertz CT molecular complexity index is 564. The van der Waals surface area contributed by atoms with Gasteiger partial charge in [-0.15, -0.1) is 0 Å². The molecule has 0 unspecified atom stereocenters. The van der Waals surface area contributed by atoms with Crippen LogP contribution >= 0.6 is 11.6 Å². The maximum atomic E-state index is 13.3. The summed E-state index contributed by atoms with van der Waals surface area (Å²) in [4.78, 5) is 0. The van der Waals surface area contributed by atoms with Gasteiger partial charge < -0.3 is 5.32 Å². The van der Waals surface area contributed by atoms with Gasteiger partial charge in [-0.05, 0) is 34.7 Å². The summed E-state index contributed by atoms with van der Waals surface area (Å²) in [5, 5.41) is 3.47. The summed E-state index contributed by atoms with van der Waals surface area (Å²) in [6.07, 6.45) is 0. The SMILES string of the molecule is CC(C)c1ccc(CNCc2ccc(Cl)c(F)c2)cc1. The molecular weight excluding hydrogens is 273 g/mol. The third-order valence-electron chi connectivity index (χ3n) is 3.29. The van der Waals surface area contributed by atoms with Gasteiger partial charge in [0, 0.05) is 13.1 Å². The van der Waals surface area contributed by atoms with Crippen LogP contribution in [0.15, 0.2) is 42.5 Å². The van der Waals surface area contributed by atoms with Gasteiger partial charge in [-0.25, -0.2) is 4.39 Å². The average molecular weight is 292 g/mol. The maximum absolute atomic E-state index is 13.3. The molecule has 0 spiro atoms. The van der Waals surface area contributed by atoms with Crippen molar-refractivity contribution in [1.82, 2.24) is 5.32 Å². The average Bonchev–Trinajstić information content (AvgIpc) is 2.43. The fourth-order valence-corrected chi connectivity index (χ4v) is 2.14. The van der Waals surface area contributed by atoms with Crippen LogP contribution in [0.3, 0.4) is 0 Å². The molecule has 0 atom stereocenters. The van der Waals surface area contributed by atoms with Gasteiger partial charge in [-0.2, -0.15) is 0 Å². The summed E-state index contributed by atoms with van der Waals surface area (Å²) in [6.45, 7) is 5.76. The Balaban J connectivity index is 1.87. The van der Waals surface area contributed by atoms with Crippen molar-refractivity contribution in [2.75, 3.05) is 0 Å². The molecule has 0 aliphatic rings. The van der Waals surface area contributed by atoms with Gasteiger partial charge in [0.2, 0.25) is 0 Å². The summed E-state index contributed by atoms with van der Waals surface area (Å²) in [5.74, 6) is 0.182. The number of hydrogen-bond donors (Lipinski definition) is 1. The fraction of sp³-hybridized carbons (Fsp3) is 0.294. The van der Waals surface area contributed by atoms with E-state index >= 15 is 0 Å². The van der Waals surface area contributed by atoms with Crippen LogP contribution in [0.5, 0.6) is 0 Å². The summed E-state index contributed by atoms with van der Waals surface area (Å²) >= 11 is 5.66. The molecule has 2 rings (SSSR count). The molecule has 2 aromatic carbocycles. The highest BCUT2D eigenvalue weighted by Crippen LogP contribution is 2.16. The Hall–Kier alpha value is -1.38. The standard InChI is InChI=1S/C17H19ClFN/c1-12(2)15-6-3-13(4-7-15)10-20-11-14-5-8-16(18)17(19)9-14/h3-9,12,20H,10-11H2,1-2H3. The molecule has 0 amide bonds. The molecule has 0 radical (unpaired) electrons. The van der Waals surface area contributed by atoms with Gasteiger partial charge in [0.25, 0.3) is 0 Å². The van der Waals surface area contributed by atoms with Crippen molar-refractivity contribution in [2.24, 2.45) is 0 Å². The Morgan fingerprint density at radius 1 is 1.00 bits per heavy atom. The van der Waals surface area contributed by atoms with E-state index in [-0.39, 0.29) is 10.8 Å². The normalized spacial score (nSPS) is 11.1. The van der Waals surface area contributed by atoms with Crippen LogP contribution in [0.1, 0.15) is 36.5 Å². The van der Waals surface area contributed by atoms with Gasteiger partial charge in [0.15, 0.2) is 0 Å². The molecule has 106 valence electrons. The van der Waals surface area contributed by atoms with E-state index in [9.17, 15) is 4.39 Å². The van der Waals surface area contributed by atoms with Crippen molar-refractivity contribution < 1.29 is 4.39 Å². The number of nitrogens with one attached hydrogen (secondary N) is 1. The van der Waals surface area contributed by atoms with E-state index in [4.69, 9.17) is 11.6 Å². The number of benzene rings is 2. The van der Waals surface area contributed by atoms with Crippen LogP contribution in [-0.2, 0) is 13.1 Å². The minimum Gasteiger partial charge on any atom is -0.309 e. The van der Waals surface area contributed by atoms with Gasteiger partial charge in [-0.1, -0.05) is 55.8 Å². The van der Waals surface area contributed by atoms with E-state index in [2.05, 4.69) is 43.4 Å². The molecule has 0 aliphatic carbocycles. The summed E-state index contributed by atoms with van der Waals surface area (Å²) in [7, 11) is 0. The first kappa shape index (κ1) is 15.0. The Labute approximate surface area is 124 Å². The van der Waals surface area contributed by atoms with E-state index < -0.39 is 0 Å². The van der Waals surface area contributed by atoms with Crippen LogP contribution in [0, 0.1) is 5.82 Å². The monoisotopic (exact) mass is 291 g/mol. The first-order valence-electron chi connectivity index (χ1n) is 6.79. The van der Waals surface area contributed by atoms with Crippen LogP contribution in [-0.4, -0.2) is 0 Å². The summed E-state index contributed by atoms with van der Waals surface area (Å²) in [5.41, 5.74) is 3.46. The van der Waals surface area contributed by atoms with Crippen LogP contribution < -0.4 is 5.32 Å². The molecule has 1 nitrogen and oxygen atoms in total. The highest BCUT2D eigenvalue weighted by atomic mass is 35.5. The van der Waals surface area contributed by atoms with Crippen molar-refractivity contribution in [3.63, 3.8) is 0 Å². The third kappa shape index (κ3) is 4.06. The van der Waals surface area contributed by atoms with Gasteiger partial charge in [-0.3, -0.25) is 0 Å². The molecular formula is C17H19ClFN. The number of rotatable bonds is 5. The van der Waals surface area contributed by atoms with Crippen LogP contribution in [0.25, 0.3) is 0 Å². The zero-order valence-corrected chi connectivity index (χ0v) is 12.5. The highest BCUT2D eigenvalue weighted by Gasteiger charge is 2.02. The summed E-state index contributed by atoms with van der Waals surface area (Å²) in [6, 6.07) is 13.5. The predicted molar refractivity (Wildman–Crippen MR) is 82.5 cm³/mol. The number of halogens is 2. The lowest BCUT2D eigenvalue weighted by atomic mass is 10.0. The molecule has 0 aliphatic heterocycles. The van der Waals surface area contributed by atoms with Crippen molar-refractivity contribution in [2.45, 2.75) is 32.9 Å². The zero-order valence-electron chi connectivity index (χ0n) is 11.8. The predicted octanol–water partition coefficient (Wildman–Crippen LogP) is 4.89. The second kappa shape index (κ2) is 6.87. The van der Waals surface area contributed by atoms with Crippen molar-refractivity contribution in [3.05, 3.63) is 70.0 Å². The topological polar surface area (TPSA) is 12.0 Å². The van der Waals surface area contributed by atoms with Gasteiger partial charge in [0.1, 0.15) is 5.82 Å². The summed E-state index contributed by atoms with van der Waals surface area (Å²) < 4.78 is 13.3. The highest BCUT2D eigenvalue weighted by molar-refractivity contribution is 6.30. The second-order valence-corrected chi connectivity index (χ2v) is 5.66. The first-order chi connectivity index (χ1) is 9.56. The van der Waals surface area contributed by atoms with E-state index in [1.165, 1.54) is 17.2 Å². The molecule has 1 N–H and O–H groups in total. The van der Waals surface area contributed by atoms with Crippen LogP contribution in [0.2, 0.25) is 5.02 Å². The maximum Gasteiger partial charge on any atom is 0.142 e. The quantitative estimate of drug-likeness (QED) is 0.827. The third-order valence-corrected chi connectivity index (χ3v) is 3.60. The van der Waals surface area contributed by atoms with Crippen molar-refractivity contribution in [1.29, 1.82) is 0 Å². The molecule has 0 fully saturated rings. The Morgan fingerprint density at radius 3 is 2.20 bits per heavy atom. The minimum atomic E-state index is -0.368. The Kier molecular flexibility index (Phi) is 5.16. The second-order valence-electron chi connectivity index (χ2n) is 5.25. The largest absolute Gasteiger partial charge is 0.309 e. The minimum absolute atomic E-state index is 0.165. The van der Waals surface area contributed by atoms with E-state index in [1.807, 2.05) is 6.07 Å². The molecule has 0 saturated heterocycles. The first-order valence-corrected chi connectivity index (χ1v) is 7.17. The van der Waals surface area contributed by atoms with E-state index in [1.54, 1.807) is 6.07 Å². The smallest absolute Gasteiger partial charge is 0.142 e. The van der Waals surface area contributed by atoms with Gasteiger partial charge in [0.05, 0.1) is 5.02 Å². The lowest BCUT2D eigenvalue weighted by Gasteiger charge is -2.08. The fourth-order valence-electron chi connectivity index (χ4n) is 2.02. The molecule has 0 aromatic heterocycles. The van der Waals surface area contributed by atoms with Gasteiger partial charge >= 0.3 is 0 Å². The Morgan fingerprint density at radius 2 is 1.60 bits per heavy atom. The molecule has 3 heteroatoms.